The zero-order valence-corrected chi connectivity index (χ0v) is 44.4. The second kappa shape index (κ2) is 49.0. The number of aliphatic hydroxyl groups is 3. The summed E-state index contributed by atoms with van der Waals surface area (Å²) in [5.74, 6) is -1.11. The van der Waals surface area contributed by atoms with E-state index in [4.69, 9.17) is 31.4 Å². The van der Waals surface area contributed by atoms with Crippen LogP contribution in [0.5, 0.6) is 0 Å². The summed E-state index contributed by atoms with van der Waals surface area (Å²) in [6.45, 7) is 6.16. The highest BCUT2D eigenvalue weighted by atomic mass is 16.6. The van der Waals surface area contributed by atoms with Crippen LogP contribution in [0.15, 0.2) is 36.5 Å². The van der Waals surface area contributed by atoms with Crippen molar-refractivity contribution in [2.24, 2.45) is 17.2 Å². The van der Waals surface area contributed by atoms with Crippen molar-refractivity contribution in [3.8, 4) is 0 Å². The lowest BCUT2D eigenvalue weighted by atomic mass is 10.0. The Bertz CT molecular complexity index is 1220. The van der Waals surface area contributed by atoms with Gasteiger partial charge in [0.1, 0.15) is 13.2 Å². The highest BCUT2D eigenvalue weighted by molar-refractivity contribution is 5.71. The highest BCUT2D eigenvalue weighted by Gasteiger charge is 2.20. The maximum atomic E-state index is 12.9. The predicted molar refractivity (Wildman–Crippen MR) is 284 cm³/mol. The van der Waals surface area contributed by atoms with Crippen LogP contribution in [0.25, 0.3) is 0 Å². The first-order valence-corrected chi connectivity index (χ1v) is 28.2. The van der Waals surface area contributed by atoms with E-state index in [1.165, 1.54) is 0 Å². The first-order valence-electron chi connectivity index (χ1n) is 28.2. The minimum atomic E-state index is -0.862. The van der Waals surface area contributed by atoms with Gasteiger partial charge in [-0.05, 0) is 96.3 Å². The molecule has 0 rings (SSSR count). The average Bonchev–Trinajstić information content (AvgIpc) is 3.33. The molecule has 0 aromatic heterocycles. The van der Waals surface area contributed by atoms with Crippen molar-refractivity contribution in [1.29, 1.82) is 0 Å². The van der Waals surface area contributed by atoms with Crippen molar-refractivity contribution in [1.82, 2.24) is 0 Å². The summed E-state index contributed by atoms with van der Waals surface area (Å²) in [7, 11) is 0. The summed E-state index contributed by atoms with van der Waals surface area (Å²) in [6.07, 6.45) is 42.2. The minimum absolute atomic E-state index is 0.156. The summed E-state index contributed by atoms with van der Waals surface area (Å²) in [5.41, 5.74) is 18.3. The fourth-order valence-corrected chi connectivity index (χ4v) is 8.11. The first kappa shape index (κ1) is 66.4. The summed E-state index contributed by atoms with van der Waals surface area (Å²) in [6, 6.07) is -0.505. The Morgan fingerprint density at radius 1 is 0.391 bits per heavy atom. The molecule has 12 nitrogen and oxygen atoms in total. The number of rotatable bonds is 50. The maximum Gasteiger partial charge on any atom is 0.306 e. The van der Waals surface area contributed by atoms with Gasteiger partial charge >= 0.3 is 17.9 Å². The van der Waals surface area contributed by atoms with E-state index in [0.29, 0.717) is 38.5 Å². The highest BCUT2D eigenvalue weighted by Crippen LogP contribution is 2.15. The zero-order valence-electron chi connectivity index (χ0n) is 44.4. The summed E-state index contributed by atoms with van der Waals surface area (Å²) in [4.78, 5) is 38.2. The number of ether oxygens (including phenoxy) is 3. The van der Waals surface area contributed by atoms with Crippen LogP contribution >= 0.6 is 0 Å². The number of unbranched alkanes of at least 4 members (excludes halogenated alkanes) is 21. The third kappa shape index (κ3) is 43.9. The molecular formula is C57H107N3O9. The maximum absolute atomic E-state index is 12.9. The molecule has 404 valence electrons. The molecule has 0 saturated heterocycles. The van der Waals surface area contributed by atoms with Crippen molar-refractivity contribution >= 4 is 17.9 Å². The Morgan fingerprint density at radius 3 is 1.00 bits per heavy atom. The number of hydrogen-bond acceptors (Lipinski definition) is 12. The molecule has 0 aliphatic heterocycles. The molecule has 0 fully saturated rings. The fourth-order valence-electron chi connectivity index (χ4n) is 8.11. The van der Waals surface area contributed by atoms with Crippen LogP contribution in [0.1, 0.15) is 252 Å². The van der Waals surface area contributed by atoms with Gasteiger partial charge in [0.2, 0.25) is 0 Å². The number of nitrogens with two attached hydrogens (primary N) is 3. The van der Waals surface area contributed by atoms with E-state index < -0.39 is 30.4 Å². The van der Waals surface area contributed by atoms with Crippen molar-refractivity contribution in [2.75, 3.05) is 13.2 Å². The van der Waals surface area contributed by atoms with Crippen LogP contribution in [-0.4, -0.2) is 89.0 Å². The molecule has 12 heteroatoms. The van der Waals surface area contributed by atoms with Crippen LogP contribution in [0.2, 0.25) is 0 Å². The first-order chi connectivity index (χ1) is 33.4. The summed E-state index contributed by atoms with van der Waals surface area (Å²) < 4.78 is 16.7. The standard InChI is InChI=1S/C57H107N3O9/c1-4-7-28-37-49(58)52(61)40-31-22-16-10-13-19-25-34-43-55(64)67-46-48(69-57(66)45-36-27-21-15-12-18-24-33-42-54(63)51(60)39-30-9-6-3)47-68-56(65)44-35-26-20-14-11-17-23-32-41-53(62)50(59)38-29-8-5-2/h22-24,31-33,48-54,61-63H,4-21,25-30,34-47,58-60H2,1-3H3. The van der Waals surface area contributed by atoms with Gasteiger partial charge < -0.3 is 46.7 Å². The molecule has 0 spiro atoms. The largest absolute Gasteiger partial charge is 0.462 e. The van der Waals surface area contributed by atoms with Gasteiger partial charge in [0, 0.05) is 37.4 Å². The third-order valence-electron chi connectivity index (χ3n) is 13.0. The van der Waals surface area contributed by atoms with Gasteiger partial charge in [-0.3, -0.25) is 14.4 Å². The molecule has 9 N–H and O–H groups in total. The lowest BCUT2D eigenvalue weighted by Gasteiger charge is -2.18. The van der Waals surface area contributed by atoms with Crippen LogP contribution in [0.3, 0.4) is 0 Å². The number of carbonyl (C=O) groups excluding carboxylic acids is 3. The molecule has 6 atom stereocenters. The van der Waals surface area contributed by atoms with E-state index in [1.54, 1.807) is 0 Å². The van der Waals surface area contributed by atoms with Crippen molar-refractivity contribution in [3.63, 3.8) is 0 Å². The zero-order chi connectivity index (χ0) is 51.0. The van der Waals surface area contributed by atoms with Gasteiger partial charge in [0.05, 0.1) is 18.3 Å². The van der Waals surface area contributed by atoms with E-state index >= 15 is 0 Å². The van der Waals surface area contributed by atoms with Gasteiger partial charge in [-0.15, -0.1) is 0 Å². The number of esters is 3. The second-order valence-electron chi connectivity index (χ2n) is 19.7. The molecule has 0 aromatic rings. The van der Waals surface area contributed by atoms with Crippen LogP contribution in [0, 0.1) is 0 Å². The molecule has 0 aliphatic rings. The lowest BCUT2D eigenvalue weighted by Crippen LogP contribution is -2.34. The lowest BCUT2D eigenvalue weighted by molar-refractivity contribution is -0.167. The van der Waals surface area contributed by atoms with Crippen LogP contribution in [0.4, 0.5) is 0 Å². The molecular weight excluding hydrogens is 871 g/mol. The van der Waals surface area contributed by atoms with Crippen molar-refractivity contribution in [2.45, 2.75) is 294 Å². The molecule has 0 bridgehead atoms. The summed E-state index contributed by atoms with van der Waals surface area (Å²) >= 11 is 0. The molecule has 0 saturated carbocycles. The van der Waals surface area contributed by atoms with Gasteiger partial charge in [0.25, 0.3) is 0 Å². The Hall–Kier alpha value is -2.61. The van der Waals surface area contributed by atoms with Crippen molar-refractivity contribution in [3.05, 3.63) is 36.5 Å². The van der Waals surface area contributed by atoms with E-state index in [0.717, 1.165) is 173 Å². The minimum Gasteiger partial charge on any atom is -0.462 e. The number of hydrogen-bond donors (Lipinski definition) is 6. The second-order valence-corrected chi connectivity index (χ2v) is 19.7. The van der Waals surface area contributed by atoms with Gasteiger partial charge in [-0.25, -0.2) is 0 Å². The van der Waals surface area contributed by atoms with Gasteiger partial charge in [0.15, 0.2) is 6.10 Å². The SMILES string of the molecule is CCCCCC(N)C(O)CC=CCCCCCCCC(=O)OCC(COC(=O)CCCCCCCC=CCC(O)C(N)CCCCC)OC(=O)CCCCCCCC=CCC(O)C(N)CCCCC. The van der Waals surface area contributed by atoms with Crippen LogP contribution in [-0.2, 0) is 28.6 Å². The van der Waals surface area contributed by atoms with Gasteiger partial charge in [-0.1, -0.05) is 173 Å². The molecule has 69 heavy (non-hydrogen) atoms. The monoisotopic (exact) mass is 978 g/mol. The van der Waals surface area contributed by atoms with E-state index in [-0.39, 0.29) is 62.5 Å². The molecule has 6 unspecified atom stereocenters. The quantitative estimate of drug-likeness (QED) is 0.0145. The summed E-state index contributed by atoms with van der Waals surface area (Å²) in [5, 5.41) is 30.8. The molecule has 0 amide bonds. The smallest absolute Gasteiger partial charge is 0.306 e. The number of carbonyl (C=O) groups is 3. The molecule has 0 aliphatic carbocycles. The van der Waals surface area contributed by atoms with E-state index in [9.17, 15) is 29.7 Å². The molecule has 0 radical (unpaired) electrons. The topological polar surface area (TPSA) is 218 Å². The molecule has 0 heterocycles. The Kier molecular flexibility index (Phi) is 47.1. The van der Waals surface area contributed by atoms with Crippen LogP contribution < -0.4 is 17.2 Å². The normalized spacial score (nSPS) is 15.1. The number of aliphatic hydroxyl groups excluding tert-OH is 3. The predicted octanol–water partition coefficient (Wildman–Crippen LogP) is 11.8. The van der Waals surface area contributed by atoms with Gasteiger partial charge in [-0.2, -0.15) is 0 Å². The van der Waals surface area contributed by atoms with E-state index in [1.807, 2.05) is 18.2 Å². The Morgan fingerprint density at radius 2 is 0.681 bits per heavy atom. The fraction of sp³-hybridized carbons (Fsp3) is 0.842. The average molecular weight is 978 g/mol. The third-order valence-corrected chi connectivity index (χ3v) is 13.0. The molecule has 0 aromatic carbocycles. The Balaban J connectivity index is 4.61. The van der Waals surface area contributed by atoms with Crippen molar-refractivity contribution < 1.29 is 43.9 Å². The number of allylic oxidation sites excluding steroid dienone is 3. The van der Waals surface area contributed by atoms with E-state index in [2.05, 4.69) is 39.0 Å². The Labute approximate surface area is 421 Å².